The molecule has 1 aromatic carbocycles. The number of rotatable bonds is 3. The topological polar surface area (TPSA) is 105 Å². The first kappa shape index (κ1) is 12.5. The summed E-state index contributed by atoms with van der Waals surface area (Å²) in [5, 5.41) is 18.7. The monoisotopic (exact) mass is 253 g/mol. The van der Waals surface area contributed by atoms with Gasteiger partial charge in [0.2, 0.25) is 0 Å². The molecule has 19 heavy (non-hydrogen) atoms. The second-order valence-electron chi connectivity index (χ2n) is 3.83. The van der Waals surface area contributed by atoms with E-state index in [-0.39, 0.29) is 17.4 Å². The molecule has 0 aliphatic heterocycles. The summed E-state index contributed by atoms with van der Waals surface area (Å²) < 4.78 is 0. The van der Waals surface area contributed by atoms with Crippen molar-refractivity contribution in [3.8, 4) is 6.07 Å². The van der Waals surface area contributed by atoms with Crippen molar-refractivity contribution in [1.29, 1.82) is 5.26 Å². The van der Waals surface area contributed by atoms with Gasteiger partial charge in [0.1, 0.15) is 5.82 Å². The van der Waals surface area contributed by atoms with Crippen molar-refractivity contribution in [3.05, 3.63) is 53.2 Å². The fourth-order valence-corrected chi connectivity index (χ4v) is 1.43. The van der Waals surface area contributed by atoms with Gasteiger partial charge in [0, 0.05) is 6.54 Å². The Balaban J connectivity index is 1.96. The fourth-order valence-electron chi connectivity index (χ4n) is 1.43. The Kier molecular flexibility index (Phi) is 3.69. The molecule has 0 radical (unpaired) electrons. The predicted molar refractivity (Wildman–Crippen MR) is 68.8 cm³/mol. The Labute approximate surface area is 109 Å². The Morgan fingerprint density at radius 1 is 1.21 bits per heavy atom. The van der Waals surface area contributed by atoms with Crippen molar-refractivity contribution in [1.82, 2.24) is 15.5 Å². The van der Waals surface area contributed by atoms with Crippen LogP contribution in [0.25, 0.3) is 0 Å². The van der Waals surface area contributed by atoms with Crippen LogP contribution in [0.15, 0.2) is 36.4 Å². The normalized spacial score (nSPS) is 9.63. The molecule has 1 aromatic heterocycles. The van der Waals surface area contributed by atoms with E-state index in [1.165, 1.54) is 12.1 Å². The van der Waals surface area contributed by atoms with Gasteiger partial charge in [0.25, 0.3) is 5.91 Å². The third-order valence-electron chi connectivity index (χ3n) is 2.45. The Bertz CT molecular complexity index is 613. The number of hydrogen-bond acceptors (Lipinski definition) is 5. The highest BCUT2D eigenvalue weighted by Gasteiger charge is 2.07. The summed E-state index contributed by atoms with van der Waals surface area (Å²) in [5.74, 6) is -0.0551. The van der Waals surface area contributed by atoms with E-state index in [1.807, 2.05) is 6.07 Å². The first-order valence-electron chi connectivity index (χ1n) is 5.55. The van der Waals surface area contributed by atoms with Gasteiger partial charge in [-0.15, -0.1) is 10.2 Å². The minimum atomic E-state index is -0.322. The van der Waals surface area contributed by atoms with Crippen LogP contribution in [-0.4, -0.2) is 16.1 Å². The zero-order valence-corrected chi connectivity index (χ0v) is 10.00. The van der Waals surface area contributed by atoms with Gasteiger partial charge in [-0.3, -0.25) is 4.79 Å². The van der Waals surface area contributed by atoms with Gasteiger partial charge in [0.05, 0.1) is 11.6 Å². The lowest BCUT2D eigenvalue weighted by Gasteiger charge is -2.04. The minimum Gasteiger partial charge on any atom is -0.382 e. The van der Waals surface area contributed by atoms with E-state index in [0.29, 0.717) is 12.1 Å². The van der Waals surface area contributed by atoms with Crippen LogP contribution in [-0.2, 0) is 6.54 Å². The summed E-state index contributed by atoms with van der Waals surface area (Å²) in [5.41, 5.74) is 7.08. The van der Waals surface area contributed by atoms with Crippen molar-refractivity contribution in [2.75, 3.05) is 5.73 Å². The summed E-state index contributed by atoms with van der Waals surface area (Å²) in [6.45, 7) is 0.358. The van der Waals surface area contributed by atoms with Gasteiger partial charge >= 0.3 is 0 Å². The zero-order chi connectivity index (χ0) is 13.7. The van der Waals surface area contributed by atoms with Gasteiger partial charge in [-0.1, -0.05) is 12.1 Å². The van der Waals surface area contributed by atoms with Gasteiger partial charge < -0.3 is 11.1 Å². The van der Waals surface area contributed by atoms with Crippen LogP contribution in [0.4, 0.5) is 5.82 Å². The van der Waals surface area contributed by atoms with E-state index in [1.54, 1.807) is 24.3 Å². The van der Waals surface area contributed by atoms with E-state index in [2.05, 4.69) is 15.5 Å². The van der Waals surface area contributed by atoms with Crippen LogP contribution in [0.2, 0.25) is 0 Å². The van der Waals surface area contributed by atoms with Crippen molar-refractivity contribution in [3.63, 3.8) is 0 Å². The molecule has 0 aliphatic rings. The number of carbonyl (C=O) groups is 1. The van der Waals surface area contributed by atoms with Gasteiger partial charge in [0.15, 0.2) is 5.69 Å². The third-order valence-corrected chi connectivity index (χ3v) is 2.45. The highest BCUT2D eigenvalue weighted by atomic mass is 16.1. The number of nitrogens with two attached hydrogens (primary N) is 1. The van der Waals surface area contributed by atoms with Crippen LogP contribution in [0.1, 0.15) is 21.6 Å². The molecule has 0 bridgehead atoms. The molecule has 3 N–H and O–H groups in total. The lowest BCUT2D eigenvalue weighted by atomic mass is 10.1. The minimum absolute atomic E-state index is 0.211. The largest absolute Gasteiger partial charge is 0.382 e. The second-order valence-corrected chi connectivity index (χ2v) is 3.83. The van der Waals surface area contributed by atoms with E-state index >= 15 is 0 Å². The van der Waals surface area contributed by atoms with E-state index in [4.69, 9.17) is 11.0 Å². The smallest absolute Gasteiger partial charge is 0.272 e. The summed E-state index contributed by atoms with van der Waals surface area (Å²) in [7, 11) is 0. The van der Waals surface area contributed by atoms with Crippen molar-refractivity contribution < 1.29 is 4.79 Å². The van der Waals surface area contributed by atoms with Crippen LogP contribution >= 0.6 is 0 Å². The molecular formula is C13H11N5O. The number of carbonyl (C=O) groups excluding carboxylic acids is 1. The number of anilines is 1. The molecule has 0 spiro atoms. The predicted octanol–water partition coefficient (Wildman–Crippen LogP) is 0.860. The summed E-state index contributed by atoms with van der Waals surface area (Å²) in [4.78, 5) is 11.7. The first-order valence-corrected chi connectivity index (χ1v) is 5.55. The zero-order valence-electron chi connectivity index (χ0n) is 10.00. The molecule has 0 saturated heterocycles. The lowest BCUT2D eigenvalue weighted by Crippen LogP contribution is -2.24. The molecule has 6 nitrogen and oxygen atoms in total. The quantitative estimate of drug-likeness (QED) is 0.844. The van der Waals surface area contributed by atoms with Crippen molar-refractivity contribution in [2.45, 2.75) is 6.54 Å². The Morgan fingerprint density at radius 3 is 2.53 bits per heavy atom. The molecule has 6 heteroatoms. The Hall–Kier alpha value is -2.94. The number of nitrogen functional groups attached to an aromatic ring is 1. The number of benzene rings is 1. The fraction of sp³-hybridized carbons (Fsp3) is 0.0769. The van der Waals surface area contributed by atoms with Gasteiger partial charge in [-0.2, -0.15) is 5.26 Å². The molecule has 0 saturated carbocycles. The molecule has 1 heterocycles. The van der Waals surface area contributed by atoms with Crippen molar-refractivity contribution >= 4 is 11.7 Å². The number of nitrogens with one attached hydrogen (secondary N) is 1. The molecule has 2 aromatic rings. The van der Waals surface area contributed by atoms with Crippen LogP contribution in [0.3, 0.4) is 0 Å². The third kappa shape index (κ3) is 3.26. The molecular weight excluding hydrogens is 242 g/mol. The van der Waals surface area contributed by atoms with Gasteiger partial charge in [-0.25, -0.2) is 0 Å². The highest BCUT2D eigenvalue weighted by molar-refractivity contribution is 5.92. The summed E-state index contributed by atoms with van der Waals surface area (Å²) in [6, 6.07) is 12.0. The average Bonchev–Trinajstić information content (AvgIpc) is 2.46. The lowest BCUT2D eigenvalue weighted by molar-refractivity contribution is 0.0945. The van der Waals surface area contributed by atoms with E-state index in [9.17, 15) is 4.79 Å². The second kappa shape index (κ2) is 5.60. The number of hydrogen-bond donors (Lipinski definition) is 2. The molecule has 1 amide bonds. The molecule has 94 valence electrons. The Morgan fingerprint density at radius 2 is 1.95 bits per heavy atom. The van der Waals surface area contributed by atoms with Crippen LogP contribution < -0.4 is 11.1 Å². The number of nitriles is 1. The van der Waals surface area contributed by atoms with Gasteiger partial charge in [-0.05, 0) is 29.8 Å². The molecule has 0 fully saturated rings. The molecule has 0 aliphatic carbocycles. The van der Waals surface area contributed by atoms with Crippen LogP contribution in [0, 0.1) is 11.3 Å². The number of aromatic nitrogens is 2. The molecule has 0 atom stereocenters. The summed E-state index contributed by atoms with van der Waals surface area (Å²) in [6.07, 6.45) is 0. The maximum absolute atomic E-state index is 11.7. The number of amides is 1. The molecule has 0 unspecified atom stereocenters. The summed E-state index contributed by atoms with van der Waals surface area (Å²) >= 11 is 0. The maximum atomic E-state index is 11.7. The van der Waals surface area contributed by atoms with E-state index < -0.39 is 0 Å². The molecule has 2 rings (SSSR count). The SMILES string of the molecule is N#Cc1ccc(CNC(=O)c2ccc(N)nn2)cc1. The van der Waals surface area contributed by atoms with Crippen LogP contribution in [0.5, 0.6) is 0 Å². The standard InChI is InChI=1S/C13H11N5O/c14-7-9-1-3-10(4-2-9)8-16-13(19)11-5-6-12(15)18-17-11/h1-6H,8H2,(H2,15,18)(H,16,19). The maximum Gasteiger partial charge on any atom is 0.272 e. The number of nitrogens with zero attached hydrogens (tertiary/aromatic N) is 3. The van der Waals surface area contributed by atoms with Crippen molar-refractivity contribution in [2.24, 2.45) is 0 Å². The highest BCUT2D eigenvalue weighted by Crippen LogP contribution is 2.03. The van der Waals surface area contributed by atoms with E-state index in [0.717, 1.165) is 5.56 Å². The average molecular weight is 253 g/mol. The first-order chi connectivity index (χ1) is 9.19.